The standard InChI is InChI=1S/C19H22FN3O/c20-15-4-6-17(7-5-15)22-19(24)14-21-16-8-10-18(11-9-16)23-12-2-1-3-13-23/h4-11,21H,1-3,12-14H2,(H,22,24). The first-order valence-corrected chi connectivity index (χ1v) is 8.35. The van der Waals surface area contributed by atoms with Crippen molar-refractivity contribution in [1.82, 2.24) is 0 Å². The van der Waals surface area contributed by atoms with E-state index in [9.17, 15) is 9.18 Å². The number of halogens is 1. The quantitative estimate of drug-likeness (QED) is 0.876. The third kappa shape index (κ3) is 4.47. The molecular formula is C19H22FN3O. The number of carbonyl (C=O) groups excluding carboxylic acids is 1. The zero-order valence-electron chi connectivity index (χ0n) is 13.6. The fraction of sp³-hybridized carbons (Fsp3) is 0.316. The van der Waals surface area contributed by atoms with Gasteiger partial charge in [0.25, 0.3) is 0 Å². The van der Waals surface area contributed by atoms with Crippen LogP contribution in [-0.4, -0.2) is 25.5 Å². The van der Waals surface area contributed by atoms with E-state index in [-0.39, 0.29) is 18.3 Å². The number of piperidine rings is 1. The molecular weight excluding hydrogens is 305 g/mol. The second kappa shape index (κ2) is 7.81. The summed E-state index contributed by atoms with van der Waals surface area (Å²) in [7, 11) is 0. The Bertz CT molecular complexity index is 664. The predicted molar refractivity (Wildman–Crippen MR) is 96.0 cm³/mol. The van der Waals surface area contributed by atoms with Gasteiger partial charge in [0.05, 0.1) is 6.54 Å². The molecule has 1 saturated heterocycles. The monoisotopic (exact) mass is 327 g/mol. The van der Waals surface area contributed by atoms with Crippen molar-refractivity contribution in [3.63, 3.8) is 0 Å². The number of hydrogen-bond donors (Lipinski definition) is 2. The van der Waals surface area contributed by atoms with Crippen LogP contribution in [-0.2, 0) is 4.79 Å². The highest BCUT2D eigenvalue weighted by atomic mass is 19.1. The molecule has 1 aliphatic rings. The molecule has 24 heavy (non-hydrogen) atoms. The molecule has 0 saturated carbocycles. The molecule has 5 heteroatoms. The van der Waals surface area contributed by atoms with Crippen molar-refractivity contribution in [3.8, 4) is 0 Å². The fourth-order valence-electron chi connectivity index (χ4n) is 2.86. The highest BCUT2D eigenvalue weighted by molar-refractivity contribution is 5.93. The topological polar surface area (TPSA) is 44.4 Å². The number of anilines is 3. The van der Waals surface area contributed by atoms with Crippen LogP contribution in [0.3, 0.4) is 0 Å². The van der Waals surface area contributed by atoms with Gasteiger partial charge < -0.3 is 15.5 Å². The van der Waals surface area contributed by atoms with Crippen molar-refractivity contribution in [2.24, 2.45) is 0 Å². The number of rotatable bonds is 5. The molecule has 2 N–H and O–H groups in total. The first kappa shape index (κ1) is 16.3. The lowest BCUT2D eigenvalue weighted by Gasteiger charge is -2.28. The van der Waals surface area contributed by atoms with E-state index in [0.717, 1.165) is 18.8 Å². The van der Waals surface area contributed by atoms with Gasteiger partial charge in [-0.25, -0.2) is 4.39 Å². The van der Waals surface area contributed by atoms with Crippen LogP contribution in [0.25, 0.3) is 0 Å². The lowest BCUT2D eigenvalue weighted by molar-refractivity contribution is -0.114. The number of hydrogen-bond acceptors (Lipinski definition) is 3. The molecule has 0 spiro atoms. The minimum absolute atomic E-state index is 0.165. The molecule has 4 nitrogen and oxygen atoms in total. The van der Waals surface area contributed by atoms with E-state index in [1.54, 1.807) is 12.1 Å². The summed E-state index contributed by atoms with van der Waals surface area (Å²) in [6, 6.07) is 13.9. The van der Waals surface area contributed by atoms with Crippen LogP contribution in [0.2, 0.25) is 0 Å². The second-order valence-electron chi connectivity index (χ2n) is 6.00. The average Bonchev–Trinajstić information content (AvgIpc) is 2.63. The number of nitrogens with zero attached hydrogens (tertiary/aromatic N) is 1. The smallest absolute Gasteiger partial charge is 0.243 e. The Morgan fingerprint density at radius 2 is 1.54 bits per heavy atom. The molecule has 2 aromatic carbocycles. The van der Waals surface area contributed by atoms with Crippen molar-refractivity contribution < 1.29 is 9.18 Å². The summed E-state index contributed by atoms with van der Waals surface area (Å²) >= 11 is 0. The lowest BCUT2D eigenvalue weighted by atomic mass is 10.1. The van der Waals surface area contributed by atoms with Gasteiger partial charge in [-0.3, -0.25) is 4.79 Å². The lowest BCUT2D eigenvalue weighted by Crippen LogP contribution is -2.29. The van der Waals surface area contributed by atoms with Gasteiger partial charge >= 0.3 is 0 Å². The Morgan fingerprint density at radius 1 is 0.917 bits per heavy atom. The van der Waals surface area contributed by atoms with Crippen molar-refractivity contribution in [2.75, 3.05) is 35.2 Å². The summed E-state index contributed by atoms with van der Waals surface area (Å²) < 4.78 is 12.8. The molecule has 1 amide bonds. The molecule has 0 aliphatic carbocycles. The summed E-state index contributed by atoms with van der Waals surface area (Å²) in [4.78, 5) is 14.3. The maximum Gasteiger partial charge on any atom is 0.243 e. The molecule has 126 valence electrons. The van der Waals surface area contributed by atoms with E-state index >= 15 is 0 Å². The van der Waals surface area contributed by atoms with Crippen molar-refractivity contribution in [1.29, 1.82) is 0 Å². The van der Waals surface area contributed by atoms with E-state index in [1.165, 1.54) is 37.1 Å². The maximum absolute atomic E-state index is 12.8. The van der Waals surface area contributed by atoms with E-state index in [0.29, 0.717) is 5.69 Å². The van der Waals surface area contributed by atoms with Gasteiger partial charge in [0.1, 0.15) is 5.82 Å². The van der Waals surface area contributed by atoms with Crippen molar-refractivity contribution in [3.05, 3.63) is 54.3 Å². The fourth-order valence-corrected chi connectivity index (χ4v) is 2.86. The molecule has 0 unspecified atom stereocenters. The largest absolute Gasteiger partial charge is 0.376 e. The van der Waals surface area contributed by atoms with Gasteiger partial charge in [-0.05, 0) is 67.8 Å². The van der Waals surface area contributed by atoms with E-state index < -0.39 is 0 Å². The summed E-state index contributed by atoms with van der Waals surface area (Å²) in [6.45, 7) is 2.40. The van der Waals surface area contributed by atoms with Gasteiger partial charge in [-0.15, -0.1) is 0 Å². The first-order valence-electron chi connectivity index (χ1n) is 8.35. The molecule has 1 fully saturated rings. The van der Waals surface area contributed by atoms with Crippen LogP contribution in [0.5, 0.6) is 0 Å². The molecule has 0 bridgehead atoms. The maximum atomic E-state index is 12.8. The Balaban J connectivity index is 1.49. The zero-order valence-corrected chi connectivity index (χ0v) is 13.6. The van der Waals surface area contributed by atoms with Gasteiger partial charge in [0.2, 0.25) is 5.91 Å². The van der Waals surface area contributed by atoms with Crippen LogP contribution in [0.1, 0.15) is 19.3 Å². The third-order valence-corrected chi connectivity index (χ3v) is 4.17. The summed E-state index contributed by atoms with van der Waals surface area (Å²) in [5.41, 5.74) is 2.73. The Kier molecular flexibility index (Phi) is 5.31. The molecule has 0 radical (unpaired) electrons. The molecule has 1 heterocycles. The number of carbonyl (C=O) groups is 1. The van der Waals surface area contributed by atoms with Crippen molar-refractivity contribution >= 4 is 23.0 Å². The van der Waals surface area contributed by atoms with E-state index in [2.05, 4.69) is 27.7 Å². The normalized spacial score (nSPS) is 14.3. The van der Waals surface area contributed by atoms with Gasteiger partial charge in [-0.2, -0.15) is 0 Å². The zero-order chi connectivity index (χ0) is 16.8. The predicted octanol–water partition coefficient (Wildman–Crippen LogP) is 3.87. The summed E-state index contributed by atoms with van der Waals surface area (Å²) in [6.07, 6.45) is 3.83. The molecule has 3 rings (SSSR count). The average molecular weight is 327 g/mol. The summed E-state index contributed by atoms with van der Waals surface area (Å²) in [5, 5.41) is 5.83. The van der Waals surface area contributed by atoms with Gasteiger partial charge in [-0.1, -0.05) is 0 Å². The minimum Gasteiger partial charge on any atom is -0.376 e. The number of nitrogens with one attached hydrogen (secondary N) is 2. The third-order valence-electron chi connectivity index (χ3n) is 4.17. The van der Waals surface area contributed by atoms with E-state index in [4.69, 9.17) is 0 Å². The minimum atomic E-state index is -0.320. The Morgan fingerprint density at radius 3 is 2.21 bits per heavy atom. The van der Waals surface area contributed by atoms with Crippen LogP contribution < -0.4 is 15.5 Å². The van der Waals surface area contributed by atoms with Crippen molar-refractivity contribution in [2.45, 2.75) is 19.3 Å². The highest BCUT2D eigenvalue weighted by Crippen LogP contribution is 2.21. The van der Waals surface area contributed by atoms with Gasteiger partial charge in [0, 0.05) is 30.2 Å². The highest BCUT2D eigenvalue weighted by Gasteiger charge is 2.10. The van der Waals surface area contributed by atoms with E-state index in [1.807, 2.05) is 12.1 Å². The Labute approximate surface area is 141 Å². The molecule has 0 atom stereocenters. The van der Waals surface area contributed by atoms with Gasteiger partial charge in [0.15, 0.2) is 0 Å². The number of amides is 1. The van der Waals surface area contributed by atoms with Crippen LogP contribution >= 0.6 is 0 Å². The number of benzene rings is 2. The molecule has 1 aliphatic heterocycles. The molecule has 0 aromatic heterocycles. The van der Waals surface area contributed by atoms with Crippen LogP contribution in [0.4, 0.5) is 21.5 Å². The van der Waals surface area contributed by atoms with Crippen LogP contribution in [0.15, 0.2) is 48.5 Å². The SMILES string of the molecule is O=C(CNc1ccc(N2CCCCC2)cc1)Nc1ccc(F)cc1. The first-order chi connectivity index (χ1) is 11.7. The summed E-state index contributed by atoms with van der Waals surface area (Å²) in [5.74, 6) is -0.485. The Hall–Kier alpha value is -2.56. The van der Waals surface area contributed by atoms with Crippen LogP contribution in [0, 0.1) is 5.82 Å². The second-order valence-corrected chi connectivity index (χ2v) is 6.00. The molecule has 2 aromatic rings.